The SMILES string of the molecule is CC(=O)Nc1ccc(Oc2ccc(C(=O)NC3CN4CCC3CC4)cc2)cc1. The molecule has 3 fully saturated rings. The van der Waals surface area contributed by atoms with E-state index in [9.17, 15) is 9.59 Å². The molecule has 2 bridgehead atoms. The van der Waals surface area contributed by atoms with Crippen LogP contribution in [0.4, 0.5) is 5.69 Å². The Morgan fingerprint density at radius 1 is 0.964 bits per heavy atom. The lowest BCUT2D eigenvalue weighted by Crippen LogP contribution is -2.57. The van der Waals surface area contributed by atoms with Crippen LogP contribution in [0.15, 0.2) is 48.5 Å². The topological polar surface area (TPSA) is 70.7 Å². The number of hydrogen-bond donors (Lipinski definition) is 2. The van der Waals surface area contributed by atoms with Gasteiger partial charge in [-0.1, -0.05) is 0 Å². The van der Waals surface area contributed by atoms with E-state index in [4.69, 9.17) is 4.74 Å². The Labute approximate surface area is 164 Å². The molecule has 6 heteroatoms. The molecular formula is C22H25N3O3. The van der Waals surface area contributed by atoms with Gasteiger partial charge in [0.25, 0.3) is 5.91 Å². The Morgan fingerprint density at radius 3 is 2.11 bits per heavy atom. The summed E-state index contributed by atoms with van der Waals surface area (Å²) in [5.74, 6) is 1.80. The zero-order valence-corrected chi connectivity index (χ0v) is 16.0. The van der Waals surface area contributed by atoms with E-state index in [2.05, 4.69) is 15.5 Å². The second kappa shape index (κ2) is 8.02. The molecule has 0 radical (unpaired) electrons. The van der Waals surface area contributed by atoms with Crippen molar-refractivity contribution in [2.75, 3.05) is 25.0 Å². The third-order valence-electron chi connectivity index (χ3n) is 5.50. The van der Waals surface area contributed by atoms with Gasteiger partial charge >= 0.3 is 0 Å². The van der Waals surface area contributed by atoms with Gasteiger partial charge in [0, 0.05) is 30.8 Å². The largest absolute Gasteiger partial charge is 0.457 e. The number of amides is 2. The molecule has 0 saturated carbocycles. The minimum atomic E-state index is -0.110. The maximum Gasteiger partial charge on any atom is 0.251 e. The van der Waals surface area contributed by atoms with E-state index in [-0.39, 0.29) is 17.9 Å². The number of ether oxygens (including phenoxy) is 1. The molecule has 0 aromatic heterocycles. The van der Waals surface area contributed by atoms with Gasteiger partial charge < -0.3 is 20.3 Å². The van der Waals surface area contributed by atoms with E-state index in [1.807, 2.05) is 0 Å². The summed E-state index contributed by atoms with van der Waals surface area (Å²) in [5.41, 5.74) is 1.37. The fraction of sp³-hybridized carbons (Fsp3) is 0.364. The summed E-state index contributed by atoms with van der Waals surface area (Å²) >= 11 is 0. The molecule has 2 amide bonds. The lowest BCUT2D eigenvalue weighted by Gasteiger charge is -2.44. The van der Waals surface area contributed by atoms with Crippen LogP contribution in [0, 0.1) is 5.92 Å². The van der Waals surface area contributed by atoms with Crippen LogP contribution >= 0.6 is 0 Å². The summed E-state index contributed by atoms with van der Waals surface area (Å²) in [4.78, 5) is 26.1. The number of hydrogen-bond acceptors (Lipinski definition) is 4. The zero-order valence-electron chi connectivity index (χ0n) is 16.0. The third kappa shape index (κ3) is 4.34. The van der Waals surface area contributed by atoms with Gasteiger partial charge in [-0.2, -0.15) is 0 Å². The maximum atomic E-state index is 12.6. The maximum absolute atomic E-state index is 12.6. The highest BCUT2D eigenvalue weighted by molar-refractivity contribution is 5.94. The van der Waals surface area contributed by atoms with E-state index in [1.165, 1.54) is 19.8 Å². The highest BCUT2D eigenvalue weighted by atomic mass is 16.5. The summed E-state index contributed by atoms with van der Waals surface area (Å²) < 4.78 is 5.81. The number of benzene rings is 2. The predicted octanol–water partition coefficient (Wildman–Crippen LogP) is 3.26. The van der Waals surface area contributed by atoms with E-state index in [1.54, 1.807) is 48.5 Å². The van der Waals surface area contributed by atoms with E-state index in [0.717, 1.165) is 25.3 Å². The van der Waals surface area contributed by atoms with Crippen molar-refractivity contribution < 1.29 is 14.3 Å². The van der Waals surface area contributed by atoms with Gasteiger partial charge in [-0.3, -0.25) is 9.59 Å². The Morgan fingerprint density at radius 2 is 1.57 bits per heavy atom. The van der Waals surface area contributed by atoms with E-state index in [0.29, 0.717) is 23.0 Å². The normalized spacial score (nSPS) is 23.1. The van der Waals surface area contributed by atoms with Crippen LogP contribution in [-0.2, 0) is 4.79 Å². The first kappa shape index (κ1) is 18.5. The Bertz CT molecular complexity index is 840. The molecule has 3 saturated heterocycles. The van der Waals surface area contributed by atoms with Crippen LogP contribution in [0.1, 0.15) is 30.1 Å². The average molecular weight is 379 g/mol. The van der Waals surface area contributed by atoms with Gasteiger partial charge in [0.15, 0.2) is 0 Å². The highest BCUT2D eigenvalue weighted by Crippen LogP contribution is 2.28. The fourth-order valence-corrected chi connectivity index (χ4v) is 4.00. The number of fused-ring (bicyclic) bond motifs is 3. The molecule has 6 nitrogen and oxygen atoms in total. The summed E-state index contributed by atoms with van der Waals surface area (Å²) in [5, 5.41) is 5.92. The van der Waals surface area contributed by atoms with Crippen molar-refractivity contribution in [1.82, 2.24) is 10.2 Å². The second-order valence-electron chi connectivity index (χ2n) is 7.55. The summed E-state index contributed by atoms with van der Waals surface area (Å²) in [7, 11) is 0. The molecule has 2 N–H and O–H groups in total. The van der Waals surface area contributed by atoms with E-state index < -0.39 is 0 Å². The molecule has 1 unspecified atom stereocenters. The first-order valence-electron chi connectivity index (χ1n) is 9.75. The first-order chi connectivity index (χ1) is 13.6. The molecule has 0 aliphatic carbocycles. The minimum Gasteiger partial charge on any atom is -0.457 e. The van der Waals surface area contributed by atoms with Crippen LogP contribution in [-0.4, -0.2) is 42.4 Å². The number of anilines is 1. The minimum absolute atomic E-state index is 0.0232. The van der Waals surface area contributed by atoms with Crippen LogP contribution in [0.2, 0.25) is 0 Å². The zero-order chi connectivity index (χ0) is 19.5. The van der Waals surface area contributed by atoms with Gasteiger partial charge in [-0.15, -0.1) is 0 Å². The van der Waals surface area contributed by atoms with E-state index >= 15 is 0 Å². The quantitative estimate of drug-likeness (QED) is 0.837. The Hall–Kier alpha value is -2.86. The lowest BCUT2D eigenvalue weighted by molar-refractivity contribution is -0.114. The fourth-order valence-electron chi connectivity index (χ4n) is 4.00. The highest BCUT2D eigenvalue weighted by Gasteiger charge is 2.34. The Balaban J connectivity index is 1.34. The third-order valence-corrected chi connectivity index (χ3v) is 5.50. The van der Waals surface area contributed by atoms with Crippen LogP contribution in [0.5, 0.6) is 11.5 Å². The number of nitrogens with zero attached hydrogens (tertiary/aromatic N) is 1. The van der Waals surface area contributed by atoms with Gasteiger partial charge in [0.1, 0.15) is 11.5 Å². The summed E-state index contributed by atoms with van der Waals surface area (Å²) in [6, 6.07) is 14.6. The molecular weight excluding hydrogens is 354 g/mol. The van der Waals surface area contributed by atoms with Gasteiger partial charge in [-0.25, -0.2) is 0 Å². The van der Waals surface area contributed by atoms with Gasteiger partial charge in [-0.05, 0) is 80.4 Å². The molecule has 146 valence electrons. The molecule has 3 heterocycles. The second-order valence-corrected chi connectivity index (χ2v) is 7.55. The number of nitrogens with one attached hydrogen (secondary N) is 2. The van der Waals surface area contributed by atoms with Gasteiger partial charge in [0.2, 0.25) is 5.91 Å². The van der Waals surface area contributed by atoms with Crippen molar-refractivity contribution in [3.63, 3.8) is 0 Å². The standard InChI is InChI=1S/C22H25N3O3/c1-15(26)23-18-4-8-20(9-5-18)28-19-6-2-17(3-7-19)22(27)24-21-14-25-12-10-16(21)11-13-25/h2-9,16,21H,10-14H2,1H3,(H,23,26)(H,24,27). The van der Waals surface area contributed by atoms with Crippen molar-refractivity contribution in [1.29, 1.82) is 0 Å². The molecule has 2 aromatic rings. The smallest absolute Gasteiger partial charge is 0.251 e. The molecule has 28 heavy (non-hydrogen) atoms. The van der Waals surface area contributed by atoms with Crippen molar-refractivity contribution >= 4 is 17.5 Å². The number of rotatable bonds is 5. The lowest BCUT2D eigenvalue weighted by atomic mass is 9.84. The molecule has 0 spiro atoms. The monoisotopic (exact) mass is 379 g/mol. The molecule has 3 aliphatic rings. The molecule has 5 rings (SSSR count). The average Bonchev–Trinajstić information content (AvgIpc) is 2.70. The summed E-state index contributed by atoms with van der Waals surface area (Å²) in [6.45, 7) is 4.76. The number of carbonyl (C=O) groups is 2. The number of piperidine rings is 3. The van der Waals surface area contributed by atoms with Gasteiger partial charge in [0.05, 0.1) is 0 Å². The Kier molecular flexibility index (Phi) is 5.30. The molecule has 1 atom stereocenters. The van der Waals surface area contributed by atoms with Crippen LogP contribution < -0.4 is 15.4 Å². The van der Waals surface area contributed by atoms with Crippen molar-refractivity contribution in [2.24, 2.45) is 5.92 Å². The van der Waals surface area contributed by atoms with Crippen molar-refractivity contribution in [2.45, 2.75) is 25.8 Å². The summed E-state index contributed by atoms with van der Waals surface area (Å²) in [6.07, 6.45) is 2.36. The number of carbonyl (C=O) groups excluding carboxylic acids is 2. The predicted molar refractivity (Wildman–Crippen MR) is 108 cm³/mol. The first-order valence-corrected chi connectivity index (χ1v) is 9.75. The molecule has 3 aliphatic heterocycles. The van der Waals surface area contributed by atoms with Crippen LogP contribution in [0.25, 0.3) is 0 Å². The van der Waals surface area contributed by atoms with Crippen molar-refractivity contribution in [3.05, 3.63) is 54.1 Å². The van der Waals surface area contributed by atoms with Crippen molar-refractivity contribution in [3.8, 4) is 11.5 Å². The van der Waals surface area contributed by atoms with Crippen LogP contribution in [0.3, 0.4) is 0 Å². The molecule has 2 aromatic carbocycles.